The topological polar surface area (TPSA) is 93.4 Å². The summed E-state index contributed by atoms with van der Waals surface area (Å²) in [6, 6.07) is 1.75. The van der Waals surface area contributed by atoms with Gasteiger partial charge >= 0.3 is 11.6 Å². The number of rotatable bonds is 3. The van der Waals surface area contributed by atoms with Gasteiger partial charge in [0.15, 0.2) is 0 Å². The molecule has 0 unspecified atom stereocenters. The number of esters is 1. The minimum Gasteiger partial charge on any atom is -0.496 e. The van der Waals surface area contributed by atoms with Gasteiger partial charge in [0.1, 0.15) is 22.6 Å². The van der Waals surface area contributed by atoms with Crippen LogP contribution in [0.25, 0.3) is 11.0 Å². The highest BCUT2D eigenvalue weighted by Gasteiger charge is 2.49. The molecular formula is C19H18O8. The van der Waals surface area contributed by atoms with Gasteiger partial charge in [-0.25, -0.2) is 9.59 Å². The van der Waals surface area contributed by atoms with E-state index in [1.54, 1.807) is 6.07 Å². The first-order valence-corrected chi connectivity index (χ1v) is 8.91. The van der Waals surface area contributed by atoms with E-state index in [4.69, 9.17) is 28.1 Å². The summed E-state index contributed by atoms with van der Waals surface area (Å²) in [5, 5.41) is 0.605. The van der Waals surface area contributed by atoms with Gasteiger partial charge in [-0.15, -0.1) is 0 Å². The largest absolute Gasteiger partial charge is 0.496 e. The van der Waals surface area contributed by atoms with E-state index in [0.717, 1.165) is 5.56 Å². The van der Waals surface area contributed by atoms with Gasteiger partial charge in [0.05, 0.1) is 43.3 Å². The van der Waals surface area contributed by atoms with Crippen LogP contribution in [-0.4, -0.2) is 45.3 Å². The van der Waals surface area contributed by atoms with Gasteiger partial charge in [0.25, 0.3) is 0 Å². The molecule has 3 aliphatic rings. The molecule has 0 N–H and O–H groups in total. The maximum absolute atomic E-state index is 12.6. The summed E-state index contributed by atoms with van der Waals surface area (Å²) in [6.07, 6.45) is -0.291. The van der Waals surface area contributed by atoms with Gasteiger partial charge < -0.3 is 28.1 Å². The zero-order valence-electron chi connectivity index (χ0n) is 14.9. The average molecular weight is 374 g/mol. The van der Waals surface area contributed by atoms with Gasteiger partial charge in [-0.05, 0) is 12.5 Å². The smallest absolute Gasteiger partial charge is 0.351 e. The molecule has 0 amide bonds. The maximum atomic E-state index is 12.6. The lowest BCUT2D eigenvalue weighted by Gasteiger charge is -2.20. The van der Waals surface area contributed by atoms with E-state index in [1.807, 2.05) is 6.92 Å². The first kappa shape index (κ1) is 16.6. The fourth-order valence-electron chi connectivity index (χ4n) is 4.25. The molecule has 142 valence electrons. The van der Waals surface area contributed by atoms with Crippen LogP contribution in [0.5, 0.6) is 11.5 Å². The van der Waals surface area contributed by atoms with Crippen LogP contribution in [-0.2, 0) is 20.6 Å². The van der Waals surface area contributed by atoms with E-state index in [1.165, 1.54) is 7.11 Å². The van der Waals surface area contributed by atoms with Crippen molar-refractivity contribution in [3.8, 4) is 11.5 Å². The second-order valence-corrected chi connectivity index (χ2v) is 6.66. The molecule has 27 heavy (non-hydrogen) atoms. The molecule has 3 aliphatic heterocycles. The zero-order chi connectivity index (χ0) is 18.7. The van der Waals surface area contributed by atoms with Crippen molar-refractivity contribution in [3.05, 3.63) is 33.2 Å². The predicted molar refractivity (Wildman–Crippen MR) is 91.5 cm³/mol. The highest BCUT2D eigenvalue weighted by molar-refractivity contribution is 6.01. The van der Waals surface area contributed by atoms with Gasteiger partial charge in [0, 0.05) is 19.1 Å². The Hall–Kier alpha value is -2.58. The first-order chi connectivity index (χ1) is 13.1. The summed E-state index contributed by atoms with van der Waals surface area (Å²) >= 11 is 0. The van der Waals surface area contributed by atoms with Crippen molar-refractivity contribution in [2.45, 2.75) is 31.7 Å². The summed E-state index contributed by atoms with van der Waals surface area (Å²) in [4.78, 5) is 24.7. The second kappa shape index (κ2) is 5.97. The van der Waals surface area contributed by atoms with Crippen LogP contribution < -0.4 is 15.1 Å². The van der Waals surface area contributed by atoms with E-state index in [9.17, 15) is 9.59 Å². The van der Waals surface area contributed by atoms with Gasteiger partial charge in [0.2, 0.25) is 6.29 Å². The Balaban J connectivity index is 1.83. The lowest BCUT2D eigenvalue weighted by atomic mass is 9.91. The van der Waals surface area contributed by atoms with Crippen molar-refractivity contribution in [2.75, 3.05) is 26.9 Å². The lowest BCUT2D eigenvalue weighted by Crippen LogP contribution is -2.27. The van der Waals surface area contributed by atoms with Crippen molar-refractivity contribution in [1.29, 1.82) is 0 Å². The summed E-state index contributed by atoms with van der Waals surface area (Å²) in [5.74, 6) is 0.136. The van der Waals surface area contributed by atoms with Gasteiger partial charge in [-0.1, -0.05) is 0 Å². The van der Waals surface area contributed by atoms with Crippen LogP contribution in [0.15, 0.2) is 15.3 Å². The van der Waals surface area contributed by atoms with Crippen LogP contribution in [0.1, 0.15) is 34.3 Å². The van der Waals surface area contributed by atoms with E-state index in [0.29, 0.717) is 47.7 Å². The molecule has 0 bridgehead atoms. The Labute approximate surface area is 153 Å². The van der Waals surface area contributed by atoms with Crippen LogP contribution in [0.4, 0.5) is 0 Å². The van der Waals surface area contributed by atoms with Crippen LogP contribution in [0.3, 0.4) is 0 Å². The number of carbonyl (C=O) groups is 1. The predicted octanol–water partition coefficient (Wildman–Crippen LogP) is 1.75. The van der Waals surface area contributed by atoms with Gasteiger partial charge in [-0.3, -0.25) is 0 Å². The number of benzene rings is 1. The Morgan fingerprint density at radius 1 is 1.30 bits per heavy atom. The van der Waals surface area contributed by atoms with Crippen molar-refractivity contribution >= 4 is 16.9 Å². The first-order valence-electron chi connectivity index (χ1n) is 8.91. The Morgan fingerprint density at radius 2 is 2.15 bits per heavy atom. The average Bonchev–Trinajstić information content (AvgIpc) is 3.20. The standard InChI is InChI=1S/C19H18O8/c1-3-23-11-7-25-19-15(11)14-10(26-19)6-9(22-2)12-8-4-5-24-17(20)13(8)18(21)27-16(12)14/h6,11,15,19H,3-5,7H2,1-2H3/t11-,15+,19+/m1/s1. The fraction of sp³-hybridized carbons (Fsp3) is 0.474. The molecule has 4 heterocycles. The van der Waals surface area contributed by atoms with E-state index in [-0.39, 0.29) is 24.2 Å². The molecule has 3 atom stereocenters. The summed E-state index contributed by atoms with van der Waals surface area (Å²) in [7, 11) is 1.52. The Morgan fingerprint density at radius 3 is 2.93 bits per heavy atom. The normalized spacial score (nSPS) is 25.6. The van der Waals surface area contributed by atoms with Gasteiger partial charge in [-0.2, -0.15) is 0 Å². The van der Waals surface area contributed by atoms with Crippen LogP contribution >= 0.6 is 0 Å². The van der Waals surface area contributed by atoms with Crippen molar-refractivity contribution in [1.82, 2.24) is 0 Å². The molecule has 8 nitrogen and oxygen atoms in total. The third kappa shape index (κ3) is 2.23. The molecule has 0 aliphatic carbocycles. The molecule has 1 aromatic heterocycles. The third-order valence-corrected chi connectivity index (χ3v) is 5.33. The molecule has 1 saturated heterocycles. The second-order valence-electron chi connectivity index (χ2n) is 6.66. The lowest BCUT2D eigenvalue weighted by molar-refractivity contribution is -0.0359. The van der Waals surface area contributed by atoms with Crippen LogP contribution in [0.2, 0.25) is 0 Å². The molecule has 8 heteroatoms. The summed E-state index contributed by atoms with van der Waals surface area (Å²) < 4.78 is 33.6. The van der Waals surface area contributed by atoms with E-state index < -0.39 is 17.9 Å². The van der Waals surface area contributed by atoms with E-state index >= 15 is 0 Å². The van der Waals surface area contributed by atoms with Crippen molar-refractivity contribution in [2.24, 2.45) is 0 Å². The highest BCUT2D eigenvalue weighted by Crippen LogP contribution is 2.51. The molecule has 2 aromatic rings. The third-order valence-electron chi connectivity index (χ3n) is 5.33. The summed E-state index contributed by atoms with van der Waals surface area (Å²) in [5.41, 5.74) is 0.906. The van der Waals surface area contributed by atoms with Crippen molar-refractivity contribution in [3.63, 3.8) is 0 Å². The molecular weight excluding hydrogens is 356 g/mol. The Bertz CT molecular complexity index is 1010. The number of hydrogen-bond acceptors (Lipinski definition) is 8. The van der Waals surface area contributed by atoms with Crippen LogP contribution in [0, 0.1) is 0 Å². The number of hydrogen-bond donors (Lipinski definition) is 0. The number of ether oxygens (including phenoxy) is 5. The Kier molecular flexibility index (Phi) is 3.66. The molecule has 0 saturated carbocycles. The molecule has 0 radical (unpaired) electrons. The molecule has 5 rings (SSSR count). The number of fused-ring (bicyclic) bond motifs is 7. The number of cyclic esters (lactones) is 1. The number of carbonyl (C=O) groups excluding carboxylic acids is 1. The van der Waals surface area contributed by atoms with Crippen molar-refractivity contribution < 1.29 is 32.9 Å². The molecule has 0 spiro atoms. The fourth-order valence-corrected chi connectivity index (χ4v) is 4.25. The minimum absolute atomic E-state index is 0.0634. The summed E-state index contributed by atoms with van der Waals surface area (Å²) in [6.45, 7) is 3.06. The minimum atomic E-state index is -0.715. The SMILES string of the molecule is CCO[C@@H]1CO[C@H]2Oc3cc(OC)c4c5c(c(=O)oc4c3[C@@H]21)C(=O)OCC5. The zero-order valence-corrected chi connectivity index (χ0v) is 14.9. The maximum Gasteiger partial charge on any atom is 0.351 e. The highest BCUT2D eigenvalue weighted by atomic mass is 16.7. The molecule has 1 aromatic carbocycles. The monoisotopic (exact) mass is 374 g/mol. The van der Waals surface area contributed by atoms with E-state index in [2.05, 4.69) is 0 Å². The number of methoxy groups -OCH3 is 1. The quantitative estimate of drug-likeness (QED) is 0.593. The molecule has 1 fully saturated rings.